The number of hydrogen-bond acceptors (Lipinski definition) is 3. The Bertz CT molecular complexity index is 336. The standard InChI is InChI=1S/C11H16ClNOS/c1-11(2,14)5-6-15-10-4-3-8(13)7-9(10)12/h3-4,7,14H,5-6,13H2,1-2H3. The second-order valence-electron chi connectivity index (χ2n) is 4.10. The second kappa shape index (κ2) is 5.10. The molecule has 0 aliphatic carbocycles. The van der Waals surface area contributed by atoms with Crippen molar-refractivity contribution < 1.29 is 5.11 Å². The van der Waals surface area contributed by atoms with Gasteiger partial charge in [-0.15, -0.1) is 11.8 Å². The summed E-state index contributed by atoms with van der Waals surface area (Å²) in [6, 6.07) is 5.49. The molecule has 1 rings (SSSR count). The first-order chi connectivity index (χ1) is 6.88. The van der Waals surface area contributed by atoms with Crippen molar-refractivity contribution in [3.05, 3.63) is 23.2 Å². The maximum atomic E-state index is 9.54. The van der Waals surface area contributed by atoms with Crippen LogP contribution < -0.4 is 5.73 Å². The first kappa shape index (κ1) is 12.7. The molecule has 0 aliphatic heterocycles. The summed E-state index contributed by atoms with van der Waals surface area (Å²) >= 11 is 7.65. The highest BCUT2D eigenvalue weighted by atomic mass is 35.5. The van der Waals surface area contributed by atoms with Gasteiger partial charge in [-0.3, -0.25) is 0 Å². The smallest absolute Gasteiger partial charge is 0.0599 e. The molecule has 3 N–H and O–H groups in total. The first-order valence-corrected chi connectivity index (χ1v) is 6.15. The summed E-state index contributed by atoms with van der Waals surface area (Å²) in [4.78, 5) is 1.01. The van der Waals surface area contributed by atoms with Crippen molar-refractivity contribution in [2.24, 2.45) is 0 Å². The van der Waals surface area contributed by atoms with Gasteiger partial charge in [0.1, 0.15) is 0 Å². The van der Waals surface area contributed by atoms with E-state index in [2.05, 4.69) is 0 Å². The van der Waals surface area contributed by atoms with Crippen molar-refractivity contribution in [2.75, 3.05) is 11.5 Å². The quantitative estimate of drug-likeness (QED) is 0.633. The Balaban J connectivity index is 2.51. The van der Waals surface area contributed by atoms with Crippen molar-refractivity contribution in [3.63, 3.8) is 0 Å². The number of aliphatic hydroxyl groups is 1. The van der Waals surface area contributed by atoms with Crippen molar-refractivity contribution >= 4 is 29.1 Å². The SMILES string of the molecule is CC(C)(O)CCSc1ccc(N)cc1Cl. The number of benzene rings is 1. The van der Waals surface area contributed by atoms with Crippen LogP contribution in [0.1, 0.15) is 20.3 Å². The fourth-order valence-corrected chi connectivity index (χ4v) is 2.58. The van der Waals surface area contributed by atoms with Gasteiger partial charge in [0.2, 0.25) is 0 Å². The minimum Gasteiger partial charge on any atom is -0.399 e. The summed E-state index contributed by atoms with van der Waals surface area (Å²) < 4.78 is 0. The van der Waals surface area contributed by atoms with E-state index in [0.717, 1.165) is 17.1 Å². The van der Waals surface area contributed by atoms with Gasteiger partial charge in [-0.2, -0.15) is 0 Å². The van der Waals surface area contributed by atoms with E-state index in [0.29, 0.717) is 10.7 Å². The van der Waals surface area contributed by atoms with E-state index >= 15 is 0 Å². The Kier molecular flexibility index (Phi) is 4.32. The summed E-state index contributed by atoms with van der Waals surface area (Å²) in [6.07, 6.45) is 0.734. The largest absolute Gasteiger partial charge is 0.399 e. The van der Waals surface area contributed by atoms with Crippen LogP contribution in [0.15, 0.2) is 23.1 Å². The normalized spacial score (nSPS) is 11.7. The highest BCUT2D eigenvalue weighted by Crippen LogP contribution is 2.30. The molecule has 0 aliphatic rings. The molecule has 0 fully saturated rings. The Labute approximate surface area is 99.8 Å². The van der Waals surface area contributed by atoms with E-state index in [9.17, 15) is 5.11 Å². The third kappa shape index (κ3) is 4.78. The van der Waals surface area contributed by atoms with Gasteiger partial charge in [0, 0.05) is 16.3 Å². The average molecular weight is 246 g/mol. The van der Waals surface area contributed by atoms with Crippen molar-refractivity contribution in [3.8, 4) is 0 Å². The molecule has 0 unspecified atom stereocenters. The average Bonchev–Trinajstić information content (AvgIpc) is 2.07. The molecule has 0 aromatic heterocycles. The van der Waals surface area contributed by atoms with Gasteiger partial charge < -0.3 is 10.8 Å². The summed E-state index contributed by atoms with van der Waals surface area (Å²) in [5, 5.41) is 10.2. The zero-order chi connectivity index (χ0) is 11.5. The Morgan fingerprint density at radius 2 is 2.13 bits per heavy atom. The zero-order valence-electron chi connectivity index (χ0n) is 8.96. The molecule has 84 valence electrons. The highest BCUT2D eigenvalue weighted by molar-refractivity contribution is 7.99. The fourth-order valence-electron chi connectivity index (χ4n) is 1.04. The van der Waals surface area contributed by atoms with Gasteiger partial charge in [0.05, 0.1) is 10.6 Å². The van der Waals surface area contributed by atoms with E-state index in [1.54, 1.807) is 31.7 Å². The molecule has 1 aromatic carbocycles. The third-order valence-electron chi connectivity index (χ3n) is 1.93. The Hall–Kier alpha value is -0.380. The number of nitrogen functional groups attached to an aromatic ring is 1. The van der Waals surface area contributed by atoms with Crippen molar-refractivity contribution in [2.45, 2.75) is 30.8 Å². The highest BCUT2D eigenvalue weighted by Gasteiger charge is 2.12. The predicted octanol–water partition coefficient (Wildman–Crippen LogP) is 3.18. The first-order valence-electron chi connectivity index (χ1n) is 4.79. The molecule has 15 heavy (non-hydrogen) atoms. The minimum atomic E-state index is -0.618. The molecule has 0 spiro atoms. The van der Waals surface area contributed by atoms with Gasteiger partial charge in [-0.05, 0) is 38.5 Å². The molecule has 0 amide bonds. The molecule has 4 heteroatoms. The third-order valence-corrected chi connectivity index (χ3v) is 3.43. The van der Waals surface area contributed by atoms with Gasteiger partial charge in [0.15, 0.2) is 0 Å². The monoisotopic (exact) mass is 245 g/mol. The lowest BCUT2D eigenvalue weighted by Crippen LogP contribution is -2.19. The van der Waals surface area contributed by atoms with E-state index in [4.69, 9.17) is 17.3 Å². The van der Waals surface area contributed by atoms with Crippen LogP contribution in [0.2, 0.25) is 5.02 Å². The summed E-state index contributed by atoms with van der Waals surface area (Å²) in [5.74, 6) is 0.840. The molecule has 0 atom stereocenters. The molecule has 0 bridgehead atoms. The number of nitrogens with two attached hydrogens (primary N) is 1. The lowest BCUT2D eigenvalue weighted by Gasteiger charge is -2.16. The topological polar surface area (TPSA) is 46.2 Å². The van der Waals surface area contributed by atoms with Crippen molar-refractivity contribution in [1.29, 1.82) is 0 Å². The molecule has 0 heterocycles. The molecule has 2 nitrogen and oxygen atoms in total. The molecule has 0 saturated heterocycles. The predicted molar refractivity (Wildman–Crippen MR) is 67.5 cm³/mol. The van der Waals surface area contributed by atoms with E-state index < -0.39 is 5.60 Å². The van der Waals surface area contributed by atoms with Crippen LogP contribution in [-0.4, -0.2) is 16.5 Å². The Morgan fingerprint density at radius 3 is 2.67 bits per heavy atom. The molecule has 1 aromatic rings. The van der Waals surface area contributed by atoms with Crippen LogP contribution in [0.5, 0.6) is 0 Å². The van der Waals surface area contributed by atoms with Gasteiger partial charge in [-0.1, -0.05) is 11.6 Å². The fraction of sp³-hybridized carbons (Fsp3) is 0.455. The summed E-state index contributed by atoms with van der Waals surface area (Å²) in [5.41, 5.74) is 5.65. The van der Waals surface area contributed by atoms with Crippen LogP contribution in [0.25, 0.3) is 0 Å². The number of thioether (sulfide) groups is 1. The minimum absolute atomic E-state index is 0.618. The lowest BCUT2D eigenvalue weighted by atomic mass is 10.1. The summed E-state index contributed by atoms with van der Waals surface area (Å²) in [6.45, 7) is 3.61. The number of anilines is 1. The summed E-state index contributed by atoms with van der Waals surface area (Å²) in [7, 11) is 0. The maximum absolute atomic E-state index is 9.54. The Morgan fingerprint density at radius 1 is 1.47 bits per heavy atom. The van der Waals surface area contributed by atoms with Crippen LogP contribution in [0, 0.1) is 0 Å². The second-order valence-corrected chi connectivity index (χ2v) is 5.64. The van der Waals surface area contributed by atoms with Crippen LogP contribution >= 0.6 is 23.4 Å². The molecule has 0 saturated carbocycles. The van der Waals surface area contributed by atoms with Crippen molar-refractivity contribution in [1.82, 2.24) is 0 Å². The van der Waals surface area contributed by atoms with Gasteiger partial charge >= 0.3 is 0 Å². The number of halogens is 1. The van der Waals surface area contributed by atoms with Crippen LogP contribution in [0.4, 0.5) is 5.69 Å². The number of rotatable bonds is 4. The van der Waals surface area contributed by atoms with E-state index in [1.165, 1.54) is 0 Å². The molecular formula is C11H16ClNOS. The molecule has 0 radical (unpaired) electrons. The lowest BCUT2D eigenvalue weighted by molar-refractivity contribution is 0.0778. The van der Waals surface area contributed by atoms with Crippen LogP contribution in [-0.2, 0) is 0 Å². The molecular weight excluding hydrogens is 230 g/mol. The van der Waals surface area contributed by atoms with Gasteiger partial charge in [-0.25, -0.2) is 0 Å². The van der Waals surface area contributed by atoms with E-state index in [1.807, 2.05) is 12.1 Å². The van der Waals surface area contributed by atoms with E-state index in [-0.39, 0.29) is 0 Å². The number of hydrogen-bond donors (Lipinski definition) is 2. The van der Waals surface area contributed by atoms with Crippen LogP contribution in [0.3, 0.4) is 0 Å². The zero-order valence-corrected chi connectivity index (χ0v) is 10.5. The van der Waals surface area contributed by atoms with Gasteiger partial charge in [0.25, 0.3) is 0 Å². The maximum Gasteiger partial charge on any atom is 0.0599 e.